The molecule has 1 aromatic carbocycles. The molecule has 1 amide bonds. The van der Waals surface area contributed by atoms with Gasteiger partial charge in [-0.1, -0.05) is 25.5 Å². The van der Waals surface area contributed by atoms with Crippen LogP contribution in [0, 0.1) is 34.5 Å². The van der Waals surface area contributed by atoms with E-state index in [0.717, 1.165) is 43.5 Å². The van der Waals surface area contributed by atoms with E-state index < -0.39 is 0 Å². The lowest BCUT2D eigenvalue weighted by atomic mass is 9.47. The van der Waals surface area contributed by atoms with Crippen LogP contribution in [0.15, 0.2) is 35.9 Å². The number of carbonyl (C=O) groups is 2. The highest BCUT2D eigenvalue weighted by molar-refractivity contribution is 5.93. The first-order chi connectivity index (χ1) is 14.8. The maximum Gasteiger partial charge on any atom is 0.228 e. The topological polar surface area (TPSA) is 55.4 Å². The summed E-state index contributed by atoms with van der Waals surface area (Å²) in [6.45, 7) is 4.81. The van der Waals surface area contributed by atoms with Gasteiger partial charge in [-0.15, -0.1) is 0 Å². The monoisotopic (exact) mass is 421 g/mol. The number of nitrogens with one attached hydrogen (secondary N) is 1. The molecule has 0 bridgehead atoms. The number of benzene rings is 1. The zero-order valence-corrected chi connectivity index (χ0v) is 19.1. The number of anilines is 1. The summed E-state index contributed by atoms with van der Waals surface area (Å²) in [5.41, 5.74) is 2.50. The molecule has 0 spiro atoms. The molecule has 4 heteroatoms. The predicted molar refractivity (Wildman–Crippen MR) is 122 cm³/mol. The lowest BCUT2D eigenvalue weighted by molar-refractivity contribution is -0.127. The highest BCUT2D eigenvalue weighted by Crippen LogP contribution is 2.66. The summed E-state index contributed by atoms with van der Waals surface area (Å²) >= 11 is 0. The quantitative estimate of drug-likeness (QED) is 0.673. The van der Waals surface area contributed by atoms with Crippen molar-refractivity contribution in [3.8, 4) is 5.75 Å². The summed E-state index contributed by atoms with van der Waals surface area (Å²) < 4.78 is 5.31. The first-order valence-corrected chi connectivity index (χ1v) is 12.0. The second-order valence-corrected chi connectivity index (χ2v) is 10.9. The molecule has 0 radical (unpaired) electrons. The molecular formula is C27H35NO3. The van der Waals surface area contributed by atoms with Crippen molar-refractivity contribution in [3.63, 3.8) is 0 Å². The van der Waals surface area contributed by atoms with Crippen LogP contribution in [0.25, 0.3) is 0 Å². The van der Waals surface area contributed by atoms with Gasteiger partial charge in [-0.2, -0.15) is 0 Å². The van der Waals surface area contributed by atoms with Gasteiger partial charge in [0.2, 0.25) is 5.91 Å². The van der Waals surface area contributed by atoms with E-state index in [1.807, 2.05) is 30.3 Å². The van der Waals surface area contributed by atoms with Gasteiger partial charge in [0, 0.05) is 24.1 Å². The maximum atomic E-state index is 13.4. The number of carbonyl (C=O) groups excluding carboxylic acids is 2. The van der Waals surface area contributed by atoms with Gasteiger partial charge in [0.1, 0.15) is 5.75 Å². The number of ketones is 1. The Labute approximate surface area is 185 Å². The van der Waals surface area contributed by atoms with E-state index in [-0.39, 0.29) is 22.7 Å². The van der Waals surface area contributed by atoms with E-state index in [1.165, 1.54) is 18.4 Å². The van der Waals surface area contributed by atoms with Crippen molar-refractivity contribution in [1.82, 2.24) is 0 Å². The van der Waals surface area contributed by atoms with Crippen molar-refractivity contribution in [2.75, 3.05) is 12.4 Å². The highest BCUT2D eigenvalue weighted by Gasteiger charge is 2.60. The lowest BCUT2D eigenvalue weighted by Crippen LogP contribution is -2.51. The third-order valence-corrected chi connectivity index (χ3v) is 9.62. The van der Waals surface area contributed by atoms with Gasteiger partial charge in [0.15, 0.2) is 5.78 Å². The Balaban J connectivity index is 1.36. The van der Waals surface area contributed by atoms with Gasteiger partial charge in [-0.3, -0.25) is 9.59 Å². The van der Waals surface area contributed by atoms with Gasteiger partial charge in [-0.05, 0) is 91.7 Å². The maximum absolute atomic E-state index is 13.4. The second kappa shape index (κ2) is 7.50. The normalized spacial score (nSPS) is 39.1. The molecular weight excluding hydrogens is 386 g/mol. The van der Waals surface area contributed by atoms with E-state index in [1.54, 1.807) is 7.11 Å². The van der Waals surface area contributed by atoms with Crippen LogP contribution < -0.4 is 10.1 Å². The summed E-state index contributed by atoms with van der Waals surface area (Å²) in [6.07, 6.45) is 10.4. The molecule has 0 aliphatic heterocycles. The van der Waals surface area contributed by atoms with E-state index in [0.29, 0.717) is 30.0 Å². The number of hydrogen-bond acceptors (Lipinski definition) is 3. The number of ether oxygens (including phenoxy) is 1. The molecule has 4 aliphatic carbocycles. The third kappa shape index (κ3) is 3.25. The molecule has 3 saturated carbocycles. The van der Waals surface area contributed by atoms with E-state index >= 15 is 0 Å². The fraction of sp³-hybridized carbons (Fsp3) is 0.630. The molecule has 4 nitrogen and oxygen atoms in total. The summed E-state index contributed by atoms with van der Waals surface area (Å²) in [6, 6.07) is 7.65. The fourth-order valence-corrected chi connectivity index (χ4v) is 7.92. The van der Waals surface area contributed by atoms with Gasteiger partial charge in [0.25, 0.3) is 0 Å². The molecule has 1 aromatic rings. The van der Waals surface area contributed by atoms with Crippen LogP contribution in [-0.4, -0.2) is 18.8 Å². The predicted octanol–water partition coefficient (Wildman–Crippen LogP) is 5.78. The number of methoxy groups -OCH3 is 1. The Kier molecular flexibility index (Phi) is 5.02. The van der Waals surface area contributed by atoms with Crippen molar-refractivity contribution in [2.45, 2.75) is 65.2 Å². The highest BCUT2D eigenvalue weighted by atomic mass is 16.5. The molecule has 0 saturated heterocycles. The smallest absolute Gasteiger partial charge is 0.228 e. The Hall–Kier alpha value is -2.10. The molecule has 31 heavy (non-hydrogen) atoms. The van der Waals surface area contributed by atoms with Crippen LogP contribution in [-0.2, 0) is 9.59 Å². The summed E-state index contributed by atoms with van der Waals surface area (Å²) in [7, 11) is 1.65. The Morgan fingerprint density at radius 2 is 1.90 bits per heavy atom. The van der Waals surface area contributed by atoms with Gasteiger partial charge in [-0.25, -0.2) is 0 Å². The van der Waals surface area contributed by atoms with E-state index in [9.17, 15) is 9.59 Å². The minimum absolute atomic E-state index is 0.0716. The van der Waals surface area contributed by atoms with E-state index in [4.69, 9.17) is 4.74 Å². The Morgan fingerprint density at radius 1 is 1.06 bits per heavy atom. The number of rotatable bonds is 3. The molecule has 3 fully saturated rings. The summed E-state index contributed by atoms with van der Waals surface area (Å²) in [4.78, 5) is 25.4. The number of fused-ring (bicyclic) bond motifs is 5. The zero-order chi connectivity index (χ0) is 21.8. The van der Waals surface area contributed by atoms with Gasteiger partial charge in [0.05, 0.1) is 7.11 Å². The average Bonchev–Trinajstić information content (AvgIpc) is 3.11. The largest absolute Gasteiger partial charge is 0.497 e. The standard InChI is InChI=1S/C27H35NO3/c1-26-13-11-19(29)15-17(26)7-8-21-22-9-10-24(27(22,2)14-12-23(21)26)25(30)28-18-5-4-6-20(16-18)31-3/h4-6,15-16,21-24H,7-14H2,1-3H3,(H,28,30)/t21-,22-,23-,24+,26-,27-/m0/s1. The minimum Gasteiger partial charge on any atom is -0.497 e. The fourth-order valence-electron chi connectivity index (χ4n) is 7.92. The molecule has 166 valence electrons. The van der Waals surface area contributed by atoms with Crippen LogP contribution in [0.3, 0.4) is 0 Å². The second-order valence-electron chi connectivity index (χ2n) is 10.9. The molecule has 0 aromatic heterocycles. The van der Waals surface area contributed by atoms with Crippen LogP contribution in [0.2, 0.25) is 0 Å². The molecule has 0 unspecified atom stereocenters. The number of allylic oxidation sites excluding steroid dienone is 1. The molecule has 5 rings (SSSR count). The molecule has 1 N–H and O–H groups in total. The zero-order valence-electron chi connectivity index (χ0n) is 19.1. The average molecular weight is 422 g/mol. The van der Waals surface area contributed by atoms with Crippen LogP contribution in [0.1, 0.15) is 65.2 Å². The van der Waals surface area contributed by atoms with Gasteiger partial charge < -0.3 is 10.1 Å². The molecule has 0 heterocycles. The summed E-state index contributed by atoms with van der Waals surface area (Å²) in [5, 5.41) is 3.18. The molecule has 6 atom stereocenters. The number of amides is 1. The Morgan fingerprint density at radius 3 is 2.71 bits per heavy atom. The van der Waals surface area contributed by atoms with Crippen molar-refractivity contribution < 1.29 is 14.3 Å². The number of hydrogen-bond donors (Lipinski definition) is 1. The van der Waals surface area contributed by atoms with Crippen molar-refractivity contribution in [2.24, 2.45) is 34.5 Å². The first-order valence-electron chi connectivity index (χ1n) is 12.0. The molecule has 4 aliphatic rings. The van der Waals surface area contributed by atoms with E-state index in [2.05, 4.69) is 19.2 Å². The SMILES string of the molecule is COc1cccc(NC(=O)[C@H]2CC[C@H]3[C@@H]4CCC5=CC(=O)CC[C@]5(C)[C@H]4CC[C@]23C)c1. The third-order valence-electron chi connectivity index (χ3n) is 9.62. The first kappa shape index (κ1) is 20.8. The Bertz CT molecular complexity index is 936. The van der Waals surface area contributed by atoms with Crippen molar-refractivity contribution in [1.29, 1.82) is 0 Å². The van der Waals surface area contributed by atoms with Crippen LogP contribution >= 0.6 is 0 Å². The van der Waals surface area contributed by atoms with Crippen LogP contribution in [0.5, 0.6) is 5.75 Å². The lowest BCUT2D eigenvalue weighted by Gasteiger charge is -2.58. The van der Waals surface area contributed by atoms with Crippen molar-refractivity contribution in [3.05, 3.63) is 35.9 Å². The van der Waals surface area contributed by atoms with Gasteiger partial charge >= 0.3 is 0 Å². The minimum atomic E-state index is 0.0716. The van der Waals surface area contributed by atoms with Crippen LogP contribution in [0.4, 0.5) is 5.69 Å². The van der Waals surface area contributed by atoms with Crippen molar-refractivity contribution >= 4 is 17.4 Å². The summed E-state index contributed by atoms with van der Waals surface area (Å²) in [5.74, 6) is 3.29.